The highest BCUT2D eigenvalue weighted by atomic mass is 35.5. The minimum Gasteiger partial charge on any atom is -0.330 e. The van der Waals surface area contributed by atoms with Crippen LogP contribution in [0.25, 0.3) is 0 Å². The molecule has 0 spiro atoms. The summed E-state index contributed by atoms with van der Waals surface area (Å²) in [5.74, 6) is 0.203. The van der Waals surface area contributed by atoms with E-state index >= 15 is 0 Å². The minimum absolute atomic E-state index is 0.0917. The number of nitrogens with zero attached hydrogens (tertiary/aromatic N) is 2. The predicted octanol–water partition coefficient (Wildman–Crippen LogP) is 4.58. The second-order valence-electron chi connectivity index (χ2n) is 6.98. The summed E-state index contributed by atoms with van der Waals surface area (Å²) in [4.78, 5) is 12.6. The zero-order valence-corrected chi connectivity index (χ0v) is 16.5. The summed E-state index contributed by atoms with van der Waals surface area (Å²) in [6.07, 6.45) is 3.46. The van der Waals surface area contributed by atoms with Gasteiger partial charge in [0.1, 0.15) is 9.91 Å². The number of carbonyl (C=O) groups excluding carboxylic acids is 1. The van der Waals surface area contributed by atoms with E-state index in [2.05, 4.69) is 12.1 Å². The van der Waals surface area contributed by atoms with Crippen LogP contribution in [-0.2, 0) is 9.67 Å². The van der Waals surface area contributed by atoms with Gasteiger partial charge in [-0.1, -0.05) is 65.8 Å². The number of rotatable bonds is 6. The van der Waals surface area contributed by atoms with Gasteiger partial charge in [-0.3, -0.25) is 4.79 Å². The Morgan fingerprint density at radius 2 is 2.00 bits per heavy atom. The van der Waals surface area contributed by atoms with Gasteiger partial charge in [-0.05, 0) is 49.9 Å². The molecule has 0 saturated heterocycles. The Morgan fingerprint density at radius 3 is 2.67 bits per heavy atom. The van der Waals surface area contributed by atoms with Gasteiger partial charge in [0.25, 0.3) is 0 Å². The molecule has 1 saturated carbocycles. The van der Waals surface area contributed by atoms with Gasteiger partial charge in [0.15, 0.2) is 0 Å². The number of hydrogen-bond donors (Lipinski definition) is 1. The zero-order chi connectivity index (χ0) is 18.9. The van der Waals surface area contributed by atoms with Gasteiger partial charge in [-0.2, -0.15) is 5.10 Å². The fraction of sp³-hybridized carbons (Fsp3) is 0.333. The standard InChI is InChI=1S/C21H22ClN3OS/c22-18-9-4-6-16(14-18)19-24-25(20(26)15-10-11-15)21(27-19,12-5-13-23)17-7-2-1-3-8-17/h1-4,6-9,14-15H,5,10-13,23H2/t21-/m1/s1. The molecule has 0 radical (unpaired) electrons. The fourth-order valence-corrected chi connectivity index (χ4v) is 4.98. The molecule has 2 aliphatic rings. The van der Waals surface area contributed by atoms with Gasteiger partial charge in [0.2, 0.25) is 5.91 Å². The number of benzene rings is 2. The second kappa shape index (κ2) is 7.66. The quantitative estimate of drug-likeness (QED) is 0.773. The highest BCUT2D eigenvalue weighted by Gasteiger charge is 2.51. The average molecular weight is 400 g/mol. The number of amides is 1. The lowest BCUT2D eigenvalue weighted by Crippen LogP contribution is -2.42. The monoisotopic (exact) mass is 399 g/mol. The first-order valence-electron chi connectivity index (χ1n) is 9.27. The minimum atomic E-state index is -0.558. The number of hydrazone groups is 1. The number of thioether (sulfide) groups is 1. The molecule has 4 rings (SSSR count). The lowest BCUT2D eigenvalue weighted by Gasteiger charge is -2.36. The van der Waals surface area contributed by atoms with Crippen LogP contribution >= 0.6 is 23.4 Å². The third-order valence-electron chi connectivity index (χ3n) is 4.95. The van der Waals surface area contributed by atoms with Crippen LogP contribution in [0.5, 0.6) is 0 Å². The largest absolute Gasteiger partial charge is 0.330 e. The molecular weight excluding hydrogens is 378 g/mol. The van der Waals surface area contributed by atoms with Crippen LogP contribution in [-0.4, -0.2) is 22.5 Å². The van der Waals surface area contributed by atoms with Gasteiger partial charge in [-0.15, -0.1) is 0 Å². The molecule has 2 N–H and O–H groups in total. The summed E-state index contributed by atoms with van der Waals surface area (Å²) in [6.45, 7) is 0.576. The van der Waals surface area contributed by atoms with Crippen molar-refractivity contribution in [3.8, 4) is 0 Å². The third kappa shape index (κ3) is 3.64. The molecule has 140 valence electrons. The topological polar surface area (TPSA) is 58.7 Å². The van der Waals surface area contributed by atoms with E-state index in [0.717, 1.165) is 41.9 Å². The van der Waals surface area contributed by atoms with Crippen molar-refractivity contribution in [1.29, 1.82) is 0 Å². The maximum atomic E-state index is 13.2. The molecule has 0 bridgehead atoms. The molecule has 1 atom stereocenters. The Bertz CT molecular complexity index is 869. The molecule has 1 aliphatic heterocycles. The summed E-state index contributed by atoms with van der Waals surface area (Å²) in [6, 6.07) is 17.8. The van der Waals surface area contributed by atoms with Crippen molar-refractivity contribution in [2.24, 2.45) is 16.8 Å². The van der Waals surface area contributed by atoms with Crippen LogP contribution < -0.4 is 5.73 Å². The normalized spacial score (nSPS) is 22.0. The summed E-state index contributed by atoms with van der Waals surface area (Å²) in [5.41, 5.74) is 7.85. The second-order valence-corrected chi connectivity index (χ2v) is 8.69. The lowest BCUT2D eigenvalue weighted by molar-refractivity contribution is -0.136. The maximum Gasteiger partial charge on any atom is 0.247 e. The van der Waals surface area contributed by atoms with Crippen molar-refractivity contribution in [2.45, 2.75) is 30.6 Å². The van der Waals surface area contributed by atoms with Gasteiger partial charge in [0, 0.05) is 16.5 Å². The third-order valence-corrected chi connectivity index (χ3v) is 6.65. The van der Waals surface area contributed by atoms with Gasteiger partial charge in [-0.25, -0.2) is 5.01 Å². The van der Waals surface area contributed by atoms with E-state index in [1.165, 1.54) is 0 Å². The number of hydrogen-bond acceptors (Lipinski definition) is 4. The van der Waals surface area contributed by atoms with E-state index in [9.17, 15) is 4.79 Å². The Balaban J connectivity index is 1.79. The molecule has 0 unspecified atom stereocenters. The van der Waals surface area contributed by atoms with Crippen LogP contribution in [0.4, 0.5) is 0 Å². The van der Waals surface area contributed by atoms with Gasteiger partial charge in [0.05, 0.1) is 0 Å². The molecule has 1 fully saturated rings. The first-order valence-corrected chi connectivity index (χ1v) is 10.5. The molecule has 4 nitrogen and oxygen atoms in total. The number of nitrogens with two attached hydrogens (primary N) is 1. The highest BCUT2D eigenvalue weighted by Crippen LogP contribution is 2.52. The fourth-order valence-electron chi connectivity index (χ4n) is 3.39. The van der Waals surface area contributed by atoms with E-state index < -0.39 is 4.87 Å². The van der Waals surface area contributed by atoms with E-state index in [1.54, 1.807) is 16.8 Å². The lowest BCUT2D eigenvalue weighted by atomic mass is 10.00. The van der Waals surface area contributed by atoms with Crippen LogP contribution in [0.3, 0.4) is 0 Å². The number of halogens is 1. The molecule has 0 aromatic heterocycles. The van der Waals surface area contributed by atoms with Crippen LogP contribution in [0, 0.1) is 5.92 Å². The van der Waals surface area contributed by atoms with Crippen LogP contribution in [0.1, 0.15) is 36.8 Å². The van der Waals surface area contributed by atoms with E-state index in [-0.39, 0.29) is 11.8 Å². The van der Waals surface area contributed by atoms with E-state index in [1.807, 2.05) is 42.5 Å². The van der Waals surface area contributed by atoms with Gasteiger partial charge >= 0.3 is 0 Å². The summed E-state index contributed by atoms with van der Waals surface area (Å²) in [5, 5.41) is 8.03. The molecule has 1 heterocycles. The highest BCUT2D eigenvalue weighted by molar-refractivity contribution is 8.15. The SMILES string of the molecule is NCCC[C@]1(c2ccccc2)SC(c2cccc(Cl)c2)=NN1C(=O)C1CC1. The molecule has 6 heteroatoms. The van der Waals surface area contributed by atoms with Crippen molar-refractivity contribution in [3.05, 3.63) is 70.7 Å². The Hall–Kier alpha value is -1.82. The van der Waals surface area contributed by atoms with Crippen molar-refractivity contribution in [1.82, 2.24) is 5.01 Å². The van der Waals surface area contributed by atoms with Crippen molar-refractivity contribution in [3.63, 3.8) is 0 Å². The Morgan fingerprint density at radius 1 is 1.22 bits per heavy atom. The molecular formula is C21H22ClN3OS. The molecule has 1 amide bonds. The van der Waals surface area contributed by atoms with Crippen LogP contribution in [0.2, 0.25) is 5.02 Å². The smallest absolute Gasteiger partial charge is 0.247 e. The Labute approximate surface area is 168 Å². The van der Waals surface area contributed by atoms with E-state index in [0.29, 0.717) is 11.6 Å². The average Bonchev–Trinajstić information content (AvgIpc) is 3.47. The van der Waals surface area contributed by atoms with Crippen molar-refractivity contribution in [2.75, 3.05) is 6.54 Å². The van der Waals surface area contributed by atoms with Crippen molar-refractivity contribution < 1.29 is 4.79 Å². The van der Waals surface area contributed by atoms with E-state index in [4.69, 9.17) is 22.4 Å². The zero-order valence-electron chi connectivity index (χ0n) is 15.0. The van der Waals surface area contributed by atoms with Crippen molar-refractivity contribution >= 4 is 34.3 Å². The summed E-state index contributed by atoms with van der Waals surface area (Å²) in [7, 11) is 0. The first-order chi connectivity index (χ1) is 13.1. The summed E-state index contributed by atoms with van der Waals surface area (Å²) < 4.78 is 0. The Kier molecular flexibility index (Phi) is 5.26. The molecule has 1 aliphatic carbocycles. The molecule has 27 heavy (non-hydrogen) atoms. The van der Waals surface area contributed by atoms with Gasteiger partial charge < -0.3 is 5.73 Å². The molecule has 2 aromatic carbocycles. The predicted molar refractivity (Wildman–Crippen MR) is 112 cm³/mol. The summed E-state index contributed by atoms with van der Waals surface area (Å²) >= 11 is 7.83. The maximum absolute atomic E-state index is 13.2. The first kappa shape index (κ1) is 18.5. The molecule has 2 aromatic rings. The number of carbonyl (C=O) groups is 1. The van der Waals surface area contributed by atoms with Crippen LogP contribution in [0.15, 0.2) is 59.7 Å².